The molecule has 0 aliphatic rings. The summed E-state index contributed by atoms with van der Waals surface area (Å²) in [6.07, 6.45) is 3.42. The van der Waals surface area contributed by atoms with Gasteiger partial charge in [-0.3, -0.25) is 0 Å². The van der Waals surface area contributed by atoms with Crippen molar-refractivity contribution in [2.75, 3.05) is 7.05 Å². The molecule has 0 radical (unpaired) electrons. The molecule has 4 nitrogen and oxygen atoms in total. The first-order valence-corrected chi connectivity index (χ1v) is 5.20. The minimum Gasteiger partial charge on any atom is -0.368 e. The molecule has 86 valence electrons. The van der Waals surface area contributed by atoms with Crippen molar-refractivity contribution in [3.05, 3.63) is 40.0 Å². The Morgan fingerprint density at radius 2 is 1.94 bits per heavy atom. The van der Waals surface area contributed by atoms with Crippen LogP contribution in [-0.2, 0) is 0 Å². The Morgan fingerprint density at radius 3 is 2.44 bits per heavy atom. The van der Waals surface area contributed by atoms with Gasteiger partial charge in [-0.2, -0.15) is 0 Å². The van der Waals surface area contributed by atoms with Crippen LogP contribution in [0.25, 0.3) is 6.08 Å². The monoisotopic (exact) mass is 258 g/mol. The van der Waals surface area contributed by atoms with Gasteiger partial charge in [-0.05, 0) is 18.2 Å². The molecule has 1 rings (SSSR count). The van der Waals surface area contributed by atoms with Crippen LogP contribution in [0.3, 0.4) is 0 Å². The maximum atomic E-state index is 5.99. The summed E-state index contributed by atoms with van der Waals surface area (Å²) in [6.45, 7) is 0. The summed E-state index contributed by atoms with van der Waals surface area (Å²) in [6, 6.07) is 5.29. The van der Waals surface area contributed by atoms with Gasteiger partial charge in [-0.15, -0.1) is 5.10 Å². The zero-order valence-corrected chi connectivity index (χ0v) is 10.2. The molecule has 0 heterocycles. The van der Waals surface area contributed by atoms with Crippen molar-refractivity contribution in [1.29, 1.82) is 0 Å². The standard InChI is InChI=1S/C10H12Cl2N4/c1-16(10(13)15-14)6-5-7-8(11)3-2-4-9(7)12/h2-6H,14H2,1H3,(H2,13,15). The SMILES string of the molecule is CN(C=Cc1c(Cl)cccc1Cl)/C(N)=N/N. The molecule has 0 aromatic heterocycles. The van der Waals surface area contributed by atoms with Gasteiger partial charge in [0.25, 0.3) is 0 Å². The first kappa shape index (κ1) is 12.7. The van der Waals surface area contributed by atoms with Crippen molar-refractivity contribution in [2.45, 2.75) is 0 Å². The van der Waals surface area contributed by atoms with Crippen LogP contribution in [0.4, 0.5) is 0 Å². The van der Waals surface area contributed by atoms with Gasteiger partial charge in [0.05, 0.1) is 0 Å². The number of hydrogen-bond acceptors (Lipinski definition) is 2. The van der Waals surface area contributed by atoms with Crippen LogP contribution in [0.2, 0.25) is 10.0 Å². The second-order valence-corrected chi connectivity index (χ2v) is 3.86. The fraction of sp³-hybridized carbons (Fsp3) is 0.100. The minimum absolute atomic E-state index is 0.194. The average molecular weight is 259 g/mol. The zero-order valence-electron chi connectivity index (χ0n) is 8.69. The first-order chi connectivity index (χ1) is 7.56. The topological polar surface area (TPSA) is 67.6 Å². The molecule has 0 amide bonds. The highest BCUT2D eigenvalue weighted by Crippen LogP contribution is 2.25. The highest BCUT2D eigenvalue weighted by molar-refractivity contribution is 6.37. The molecule has 0 saturated carbocycles. The lowest BCUT2D eigenvalue weighted by Crippen LogP contribution is -2.30. The van der Waals surface area contributed by atoms with E-state index in [0.29, 0.717) is 10.0 Å². The number of benzene rings is 1. The van der Waals surface area contributed by atoms with E-state index in [1.165, 1.54) is 0 Å². The van der Waals surface area contributed by atoms with E-state index in [0.717, 1.165) is 5.56 Å². The second-order valence-electron chi connectivity index (χ2n) is 3.05. The molecule has 6 heteroatoms. The van der Waals surface area contributed by atoms with Crippen molar-refractivity contribution in [2.24, 2.45) is 16.7 Å². The molecule has 4 N–H and O–H groups in total. The highest BCUT2D eigenvalue weighted by atomic mass is 35.5. The third-order valence-electron chi connectivity index (χ3n) is 1.96. The van der Waals surface area contributed by atoms with Crippen LogP contribution in [0, 0.1) is 0 Å². The van der Waals surface area contributed by atoms with Crippen molar-refractivity contribution < 1.29 is 0 Å². The molecular weight excluding hydrogens is 247 g/mol. The Balaban J connectivity index is 2.92. The summed E-state index contributed by atoms with van der Waals surface area (Å²) in [5.41, 5.74) is 6.21. The van der Waals surface area contributed by atoms with E-state index in [9.17, 15) is 0 Å². The number of guanidine groups is 1. The third kappa shape index (κ3) is 3.05. The van der Waals surface area contributed by atoms with E-state index in [2.05, 4.69) is 5.10 Å². The van der Waals surface area contributed by atoms with Gasteiger partial charge in [-0.1, -0.05) is 29.3 Å². The molecule has 1 aromatic carbocycles. The average Bonchev–Trinajstić information content (AvgIpc) is 2.27. The summed E-state index contributed by atoms with van der Waals surface area (Å²) in [4.78, 5) is 1.56. The maximum absolute atomic E-state index is 5.99. The number of rotatable bonds is 2. The van der Waals surface area contributed by atoms with E-state index in [1.807, 2.05) is 0 Å². The molecule has 0 fully saturated rings. The van der Waals surface area contributed by atoms with Gasteiger partial charge in [0.1, 0.15) is 0 Å². The van der Waals surface area contributed by atoms with E-state index >= 15 is 0 Å². The lowest BCUT2D eigenvalue weighted by molar-refractivity contribution is 0.677. The van der Waals surface area contributed by atoms with Crippen molar-refractivity contribution in [3.63, 3.8) is 0 Å². The summed E-state index contributed by atoms with van der Waals surface area (Å²) >= 11 is 12.0. The molecule has 1 aromatic rings. The smallest absolute Gasteiger partial charge is 0.217 e. The van der Waals surface area contributed by atoms with Crippen LogP contribution >= 0.6 is 23.2 Å². The Labute approximate surface area is 104 Å². The quantitative estimate of drug-likeness (QED) is 0.370. The second kappa shape index (κ2) is 5.63. The summed E-state index contributed by atoms with van der Waals surface area (Å²) in [7, 11) is 1.72. The van der Waals surface area contributed by atoms with Gasteiger partial charge >= 0.3 is 0 Å². The summed E-state index contributed by atoms with van der Waals surface area (Å²) < 4.78 is 0. The van der Waals surface area contributed by atoms with Gasteiger partial charge in [0.2, 0.25) is 5.96 Å². The number of hydrazone groups is 1. The predicted octanol–water partition coefficient (Wildman–Crippen LogP) is 2.08. The van der Waals surface area contributed by atoms with Crippen molar-refractivity contribution in [1.82, 2.24) is 4.90 Å². The number of nitrogens with zero attached hydrogens (tertiary/aromatic N) is 2. The summed E-state index contributed by atoms with van der Waals surface area (Å²) in [5.74, 6) is 5.23. The van der Waals surface area contributed by atoms with Gasteiger partial charge in [-0.25, -0.2) is 0 Å². The van der Waals surface area contributed by atoms with Crippen molar-refractivity contribution >= 4 is 35.2 Å². The Morgan fingerprint density at radius 1 is 1.38 bits per heavy atom. The molecule has 0 aliphatic heterocycles. The Kier molecular flexibility index (Phi) is 4.46. The minimum atomic E-state index is 0.194. The molecule has 0 spiro atoms. The molecule has 0 aliphatic carbocycles. The first-order valence-electron chi connectivity index (χ1n) is 4.44. The van der Waals surface area contributed by atoms with E-state index in [4.69, 9.17) is 34.8 Å². The van der Waals surface area contributed by atoms with Gasteiger partial charge < -0.3 is 16.5 Å². The van der Waals surface area contributed by atoms with Gasteiger partial charge in [0, 0.05) is 28.9 Å². The van der Waals surface area contributed by atoms with Crippen LogP contribution < -0.4 is 11.6 Å². The molecule has 0 unspecified atom stereocenters. The Bertz CT molecular complexity index is 409. The number of halogens is 2. The van der Waals surface area contributed by atoms with E-state index < -0.39 is 0 Å². The molecule has 16 heavy (non-hydrogen) atoms. The summed E-state index contributed by atoms with van der Waals surface area (Å²) in [5, 5.41) is 4.49. The number of hydrogen-bond donors (Lipinski definition) is 2. The molecule has 0 saturated heterocycles. The van der Waals surface area contributed by atoms with E-state index in [1.54, 1.807) is 42.4 Å². The normalized spacial score (nSPS) is 12.1. The van der Waals surface area contributed by atoms with E-state index in [-0.39, 0.29) is 5.96 Å². The highest BCUT2D eigenvalue weighted by Gasteiger charge is 2.02. The zero-order chi connectivity index (χ0) is 12.1. The fourth-order valence-electron chi connectivity index (χ4n) is 1.02. The molecule has 0 bridgehead atoms. The lowest BCUT2D eigenvalue weighted by atomic mass is 10.2. The Hall–Kier alpha value is -1.39. The molecule has 0 atom stereocenters. The predicted molar refractivity (Wildman–Crippen MR) is 69.1 cm³/mol. The lowest BCUT2D eigenvalue weighted by Gasteiger charge is -2.11. The van der Waals surface area contributed by atoms with Crippen LogP contribution in [0.1, 0.15) is 5.56 Å². The van der Waals surface area contributed by atoms with Crippen LogP contribution in [0.15, 0.2) is 29.5 Å². The van der Waals surface area contributed by atoms with Crippen molar-refractivity contribution in [3.8, 4) is 0 Å². The third-order valence-corrected chi connectivity index (χ3v) is 2.62. The van der Waals surface area contributed by atoms with Gasteiger partial charge in [0.15, 0.2) is 0 Å². The van der Waals surface area contributed by atoms with Crippen LogP contribution in [-0.4, -0.2) is 17.9 Å². The fourth-order valence-corrected chi connectivity index (χ4v) is 1.55. The largest absolute Gasteiger partial charge is 0.368 e. The number of nitrogens with two attached hydrogens (primary N) is 2. The van der Waals surface area contributed by atoms with Crippen LogP contribution in [0.5, 0.6) is 0 Å². The maximum Gasteiger partial charge on any atom is 0.217 e. The molecular formula is C10H12Cl2N4.